The number of nitrogens with zero attached hydrogens (tertiary/aromatic N) is 1. The van der Waals surface area contributed by atoms with Gasteiger partial charge in [0.1, 0.15) is 6.10 Å². The van der Waals surface area contributed by atoms with Gasteiger partial charge in [-0.05, 0) is 0 Å². The fourth-order valence-corrected chi connectivity index (χ4v) is 1.07. The van der Waals surface area contributed by atoms with Gasteiger partial charge in [-0.25, -0.2) is 0 Å². The van der Waals surface area contributed by atoms with Crippen LogP contribution in [0.5, 0.6) is 0 Å². The van der Waals surface area contributed by atoms with Gasteiger partial charge >= 0.3 is 0 Å². The van der Waals surface area contributed by atoms with Crippen molar-refractivity contribution >= 4 is 5.91 Å². The molecular weight excluding hydrogens is 194 g/mol. The van der Waals surface area contributed by atoms with Crippen LogP contribution in [0.25, 0.3) is 0 Å². The van der Waals surface area contributed by atoms with Gasteiger partial charge in [-0.15, -0.1) is 6.42 Å². The van der Waals surface area contributed by atoms with Crippen LogP contribution in [0.1, 0.15) is 27.7 Å². The number of aliphatic hydroxyl groups is 2. The topological polar surface area (TPSA) is 60.8 Å². The molecule has 0 aromatic heterocycles. The molecule has 1 heterocycles. The van der Waals surface area contributed by atoms with Gasteiger partial charge < -0.3 is 15.1 Å². The first-order chi connectivity index (χ1) is 7.02. The van der Waals surface area contributed by atoms with Crippen LogP contribution in [0.15, 0.2) is 0 Å². The minimum atomic E-state index is -2.01. The van der Waals surface area contributed by atoms with Crippen LogP contribution in [0.3, 0.4) is 0 Å². The number of terminal acetylenes is 1. The van der Waals surface area contributed by atoms with Crippen molar-refractivity contribution in [2.75, 3.05) is 13.6 Å². The maximum atomic E-state index is 11.0. The van der Waals surface area contributed by atoms with E-state index in [1.54, 1.807) is 0 Å². The van der Waals surface area contributed by atoms with Gasteiger partial charge in [-0.2, -0.15) is 0 Å². The van der Waals surface area contributed by atoms with Crippen molar-refractivity contribution in [2.24, 2.45) is 0 Å². The second-order valence-corrected chi connectivity index (χ2v) is 2.61. The van der Waals surface area contributed by atoms with Crippen LogP contribution in [-0.2, 0) is 4.79 Å². The zero-order chi connectivity index (χ0) is 12.6. The molecule has 2 unspecified atom stereocenters. The zero-order valence-electron chi connectivity index (χ0n) is 10.1. The fourth-order valence-electron chi connectivity index (χ4n) is 1.07. The number of hydrogen-bond donors (Lipinski definition) is 2. The normalized spacial score (nSPS) is 28.3. The molecule has 4 nitrogen and oxygen atoms in total. The molecule has 1 rings (SSSR count). The average Bonchev–Trinajstić information content (AvgIpc) is 2.49. The molecule has 1 amide bonds. The molecule has 0 aliphatic carbocycles. The number of rotatable bonds is 0. The number of carbonyl (C=O) groups excluding carboxylic acids is 1. The molecule has 2 N–H and O–H groups in total. The number of carbonyl (C=O) groups is 1. The van der Waals surface area contributed by atoms with Gasteiger partial charge in [0.05, 0.1) is 6.54 Å². The highest BCUT2D eigenvalue weighted by Crippen LogP contribution is 2.20. The Morgan fingerprint density at radius 1 is 1.47 bits per heavy atom. The molecule has 1 aliphatic rings. The lowest BCUT2D eigenvalue weighted by Crippen LogP contribution is -2.43. The fraction of sp³-hybridized carbons (Fsp3) is 0.727. The summed E-state index contributed by atoms with van der Waals surface area (Å²) in [4.78, 5) is 12.2. The van der Waals surface area contributed by atoms with E-state index in [4.69, 9.17) is 11.5 Å². The van der Waals surface area contributed by atoms with E-state index in [1.807, 2.05) is 33.6 Å². The molecule has 4 heteroatoms. The molecule has 1 fully saturated rings. The summed E-state index contributed by atoms with van der Waals surface area (Å²) in [5, 5.41) is 18.5. The van der Waals surface area contributed by atoms with Crippen LogP contribution in [0.2, 0.25) is 0 Å². The van der Waals surface area contributed by atoms with Crippen LogP contribution < -0.4 is 0 Å². The van der Waals surface area contributed by atoms with Gasteiger partial charge in [0.25, 0.3) is 5.91 Å². The minimum Gasteiger partial charge on any atom is -0.387 e. The van der Waals surface area contributed by atoms with Gasteiger partial charge in [-0.3, -0.25) is 4.79 Å². The Morgan fingerprint density at radius 3 is 2.00 bits per heavy atom. The second-order valence-electron chi connectivity index (χ2n) is 2.61. The quantitative estimate of drug-likeness (QED) is 0.569. The molecule has 1 aliphatic heterocycles. The second kappa shape index (κ2) is 7.27. The summed E-state index contributed by atoms with van der Waals surface area (Å²) in [5.74, 6) is 1.27. The number of aliphatic hydroxyl groups excluding tert-OH is 1. The standard InChI is InChI=1S/C7H9NO3.2C2H6/c1-3-7(11)5(9)4-8(2)6(7)10;2*1-2/h1,5,9,11H,4H2,2H3;2*1-2H3. The number of amides is 1. The van der Waals surface area contributed by atoms with Crippen LogP contribution in [-0.4, -0.2) is 46.3 Å². The van der Waals surface area contributed by atoms with Gasteiger partial charge in [0.2, 0.25) is 5.60 Å². The maximum absolute atomic E-state index is 11.0. The number of likely N-dealkylation sites (tertiary alicyclic amines) is 1. The third kappa shape index (κ3) is 3.22. The van der Waals surface area contributed by atoms with Crippen LogP contribution >= 0.6 is 0 Å². The Labute approximate surface area is 91.9 Å². The molecule has 0 bridgehead atoms. The molecule has 0 radical (unpaired) electrons. The summed E-state index contributed by atoms with van der Waals surface area (Å²) >= 11 is 0. The monoisotopic (exact) mass is 215 g/mol. The lowest BCUT2D eigenvalue weighted by molar-refractivity contribution is -0.140. The summed E-state index contributed by atoms with van der Waals surface area (Å²) in [6, 6.07) is 0. The lowest BCUT2D eigenvalue weighted by atomic mass is 10.0. The largest absolute Gasteiger partial charge is 0.387 e. The molecule has 2 atom stereocenters. The van der Waals surface area contributed by atoms with Crippen LogP contribution in [0.4, 0.5) is 0 Å². The van der Waals surface area contributed by atoms with Crippen molar-refractivity contribution in [3.63, 3.8) is 0 Å². The molecule has 0 saturated carbocycles. The highest BCUT2D eigenvalue weighted by atomic mass is 16.4. The van der Waals surface area contributed by atoms with E-state index in [-0.39, 0.29) is 6.54 Å². The smallest absolute Gasteiger partial charge is 0.269 e. The first-order valence-corrected chi connectivity index (χ1v) is 5.16. The number of β-amino-alcohol motifs (C(OH)–C–C–N with tert-alkyl or cyclic N) is 1. The van der Waals surface area contributed by atoms with E-state index in [9.17, 15) is 9.90 Å². The third-order valence-corrected chi connectivity index (χ3v) is 1.82. The highest BCUT2D eigenvalue weighted by Gasteiger charge is 2.50. The van der Waals surface area contributed by atoms with Crippen molar-refractivity contribution < 1.29 is 15.0 Å². The van der Waals surface area contributed by atoms with E-state index in [0.29, 0.717) is 0 Å². The van der Waals surface area contributed by atoms with Crippen molar-refractivity contribution in [2.45, 2.75) is 39.4 Å². The molecule has 0 aromatic rings. The molecule has 88 valence electrons. The molecule has 0 aromatic carbocycles. The van der Waals surface area contributed by atoms with E-state index < -0.39 is 17.6 Å². The number of likely N-dealkylation sites (N-methyl/N-ethyl adjacent to an activating group) is 1. The molecule has 0 spiro atoms. The lowest BCUT2D eigenvalue weighted by Gasteiger charge is -2.15. The van der Waals surface area contributed by atoms with Crippen molar-refractivity contribution in [1.29, 1.82) is 0 Å². The van der Waals surface area contributed by atoms with Crippen LogP contribution in [0, 0.1) is 12.3 Å². The SMILES string of the molecule is C#CC1(O)C(=O)N(C)CC1O.CC.CC. The molecule has 1 saturated heterocycles. The predicted molar refractivity (Wildman–Crippen MR) is 60.1 cm³/mol. The van der Waals surface area contributed by atoms with Gasteiger partial charge in [0.15, 0.2) is 0 Å². The Kier molecular flexibility index (Phi) is 7.94. The highest BCUT2D eigenvalue weighted by molar-refractivity contribution is 5.91. The maximum Gasteiger partial charge on any atom is 0.269 e. The van der Waals surface area contributed by atoms with E-state index in [2.05, 4.69) is 0 Å². The first kappa shape index (κ1) is 16.4. The summed E-state index contributed by atoms with van der Waals surface area (Å²) < 4.78 is 0. The predicted octanol–water partition coefficient (Wildman–Crippen LogP) is 0.236. The van der Waals surface area contributed by atoms with Crippen molar-refractivity contribution in [3.05, 3.63) is 0 Å². The Balaban J connectivity index is 0. The zero-order valence-corrected chi connectivity index (χ0v) is 10.1. The van der Waals surface area contributed by atoms with Gasteiger partial charge in [-0.1, -0.05) is 33.6 Å². The molecule has 15 heavy (non-hydrogen) atoms. The Hall–Kier alpha value is -1.05. The Morgan fingerprint density at radius 2 is 1.87 bits per heavy atom. The summed E-state index contributed by atoms with van der Waals surface area (Å²) in [6.45, 7) is 8.08. The van der Waals surface area contributed by atoms with E-state index in [1.165, 1.54) is 11.9 Å². The van der Waals surface area contributed by atoms with Gasteiger partial charge in [0, 0.05) is 7.05 Å². The molecular formula is C11H21NO3. The van der Waals surface area contributed by atoms with Crippen molar-refractivity contribution in [1.82, 2.24) is 4.90 Å². The minimum absolute atomic E-state index is 0.0829. The number of hydrogen-bond acceptors (Lipinski definition) is 3. The van der Waals surface area contributed by atoms with E-state index >= 15 is 0 Å². The average molecular weight is 215 g/mol. The Bertz CT molecular complexity index is 234. The van der Waals surface area contributed by atoms with Crippen molar-refractivity contribution in [3.8, 4) is 12.3 Å². The van der Waals surface area contributed by atoms with E-state index in [0.717, 1.165) is 0 Å². The summed E-state index contributed by atoms with van der Waals surface area (Å²) in [6.07, 6.45) is 3.73. The first-order valence-electron chi connectivity index (χ1n) is 5.16. The summed E-state index contributed by atoms with van der Waals surface area (Å²) in [5.41, 5.74) is -2.01. The summed E-state index contributed by atoms with van der Waals surface area (Å²) in [7, 11) is 1.47. The third-order valence-electron chi connectivity index (χ3n) is 1.82.